The maximum Gasteiger partial charge on any atom is 0.347 e. The van der Waals surface area contributed by atoms with Gasteiger partial charge >= 0.3 is 12.0 Å². The van der Waals surface area contributed by atoms with Gasteiger partial charge < -0.3 is 0 Å². The van der Waals surface area contributed by atoms with Crippen LogP contribution in [0.25, 0.3) is 0 Å². The summed E-state index contributed by atoms with van der Waals surface area (Å²) in [6, 6.07) is -6.42. The van der Waals surface area contributed by atoms with Crippen LogP contribution in [0.2, 0.25) is 16.7 Å². The monoisotopic (exact) mass is 496 g/mol. The summed E-state index contributed by atoms with van der Waals surface area (Å²) in [5, 5.41) is 0. The quantitative estimate of drug-likeness (QED) is 0.224. The summed E-state index contributed by atoms with van der Waals surface area (Å²) in [5.41, 5.74) is -0.259. The molecule has 120 valence electrons. The molecule has 0 spiro atoms. The predicted octanol–water partition coefficient (Wildman–Crippen LogP) is 6.95. The maximum absolute atomic E-state index is 6.69. The van der Waals surface area contributed by atoms with Gasteiger partial charge in [0, 0.05) is 10.2 Å². The summed E-state index contributed by atoms with van der Waals surface area (Å²) >= 11 is 52.3. The van der Waals surface area contributed by atoms with Crippen LogP contribution in [0.5, 0.6) is 0 Å². The first-order valence-electron chi connectivity index (χ1n) is 6.53. The fourth-order valence-electron chi connectivity index (χ4n) is 5.00. The first-order valence-corrected chi connectivity index (χ1v) is 21.2. The first-order chi connectivity index (χ1) is 9.33. The molecular weight excluding hydrogens is 488 g/mol. The molecule has 21 heavy (non-hydrogen) atoms. The van der Waals surface area contributed by atoms with Crippen LogP contribution in [-0.4, -0.2) is 18.7 Å². The Morgan fingerprint density at radius 2 is 1.43 bits per heavy atom. The van der Waals surface area contributed by atoms with Crippen LogP contribution >= 0.6 is 88.6 Å². The third-order valence-corrected chi connectivity index (χ3v) is 23.1. The number of fused-ring (bicyclic) bond motifs is 5. The second-order valence-electron chi connectivity index (χ2n) is 6.33. The van der Waals surface area contributed by atoms with E-state index in [4.69, 9.17) is 88.6 Å². The van der Waals surface area contributed by atoms with Gasteiger partial charge in [-0.15, -0.1) is 88.6 Å². The van der Waals surface area contributed by atoms with Gasteiger partial charge in [-0.2, -0.15) is 0 Å². The minimum Gasteiger partial charge on any atom is -0.146 e. The van der Waals surface area contributed by atoms with Gasteiger partial charge in [-0.3, -0.25) is 0 Å². The third-order valence-electron chi connectivity index (χ3n) is 5.47. The molecule has 2 bridgehead atoms. The molecular formula is C10H12Cl8Si3. The molecule has 0 aromatic heterocycles. The minimum absolute atomic E-state index is 0.159. The lowest BCUT2D eigenvalue weighted by Gasteiger charge is -2.68. The summed E-state index contributed by atoms with van der Waals surface area (Å²) in [6.45, 7) is -1.08. The molecule has 0 aromatic rings. The zero-order chi connectivity index (χ0) is 16.0. The first kappa shape index (κ1) is 18.5. The zero-order valence-corrected chi connectivity index (χ0v) is 19.8. The van der Waals surface area contributed by atoms with E-state index in [1.165, 1.54) is 0 Å². The highest BCUT2D eigenvalue weighted by atomic mass is 35.8. The summed E-state index contributed by atoms with van der Waals surface area (Å²) in [4.78, 5) is 0. The van der Waals surface area contributed by atoms with Crippen LogP contribution in [0.1, 0.15) is 6.42 Å². The fourth-order valence-corrected chi connectivity index (χ4v) is 34.3. The van der Waals surface area contributed by atoms with Crippen LogP contribution in [-0.2, 0) is 0 Å². The topological polar surface area (TPSA) is 0 Å². The molecule has 0 amide bonds. The number of halogens is 8. The molecule has 3 aliphatic rings. The Morgan fingerprint density at radius 3 is 1.86 bits per heavy atom. The highest BCUT2D eigenvalue weighted by molar-refractivity contribution is 7.73. The van der Waals surface area contributed by atoms with Gasteiger partial charge in [-0.25, -0.2) is 0 Å². The van der Waals surface area contributed by atoms with E-state index in [0.717, 1.165) is 6.42 Å². The molecule has 2 fully saturated rings. The van der Waals surface area contributed by atoms with Gasteiger partial charge in [0.1, 0.15) is 0 Å². The number of rotatable bonds is 3. The predicted molar refractivity (Wildman–Crippen MR) is 104 cm³/mol. The number of hydrogen-bond donors (Lipinski definition) is 0. The molecule has 0 radical (unpaired) electrons. The standard InChI is InChI=1S/C10H12Cl8Si3/c1-19(11,12)10(21(16,17)18)8-6-3-2-5(4-6)7(8)9(10)20(13,14)15/h2-3,5-9H,4H2,1H3/t5-,6+,7+,8-,9?,10?/m1/s1. The fraction of sp³-hybridized carbons (Fsp3) is 0.800. The molecule has 0 nitrogen and oxygen atoms in total. The summed E-state index contributed by atoms with van der Waals surface area (Å²) in [5.74, 6) is 1.18. The Bertz CT molecular complexity index is 476. The molecule has 3 rings (SSSR count). The third kappa shape index (κ3) is 2.40. The van der Waals surface area contributed by atoms with E-state index in [-0.39, 0.29) is 17.4 Å². The van der Waals surface area contributed by atoms with Crippen molar-refractivity contribution in [1.29, 1.82) is 0 Å². The zero-order valence-electron chi connectivity index (χ0n) is 10.8. The van der Waals surface area contributed by atoms with E-state index in [1.54, 1.807) is 0 Å². The largest absolute Gasteiger partial charge is 0.347 e. The smallest absolute Gasteiger partial charge is 0.146 e. The second kappa shape index (κ2) is 5.35. The van der Waals surface area contributed by atoms with Crippen LogP contribution in [0, 0.1) is 23.7 Å². The molecule has 0 aliphatic heterocycles. The van der Waals surface area contributed by atoms with Crippen molar-refractivity contribution in [2.75, 3.05) is 0 Å². The molecule has 0 saturated heterocycles. The van der Waals surface area contributed by atoms with Crippen molar-refractivity contribution in [3.8, 4) is 0 Å². The number of allylic oxidation sites excluding steroid dienone is 2. The van der Waals surface area contributed by atoms with E-state index in [2.05, 4.69) is 12.2 Å². The Labute approximate surface area is 165 Å². The minimum atomic E-state index is -3.29. The lowest BCUT2D eigenvalue weighted by Crippen LogP contribution is -2.70. The molecule has 0 N–H and O–H groups in total. The van der Waals surface area contributed by atoms with Gasteiger partial charge in [0.15, 0.2) is 0 Å². The van der Waals surface area contributed by atoms with Crippen molar-refractivity contribution < 1.29 is 0 Å². The summed E-state index contributed by atoms with van der Waals surface area (Å²) in [7, 11) is 0. The molecule has 11 heteroatoms. The Morgan fingerprint density at radius 1 is 0.905 bits per heavy atom. The second-order valence-corrected chi connectivity index (χ2v) is 32.0. The Kier molecular flexibility index (Phi) is 4.72. The van der Waals surface area contributed by atoms with E-state index in [9.17, 15) is 0 Å². The van der Waals surface area contributed by atoms with Crippen molar-refractivity contribution in [2.45, 2.75) is 23.2 Å². The van der Waals surface area contributed by atoms with Crippen LogP contribution in [0.4, 0.5) is 0 Å². The van der Waals surface area contributed by atoms with Crippen molar-refractivity contribution in [3.63, 3.8) is 0 Å². The molecule has 3 aliphatic carbocycles. The van der Waals surface area contributed by atoms with Crippen molar-refractivity contribution >= 4 is 107 Å². The Balaban J connectivity index is 2.19. The van der Waals surface area contributed by atoms with E-state index >= 15 is 0 Å². The van der Waals surface area contributed by atoms with Crippen LogP contribution in [0.15, 0.2) is 12.2 Å². The van der Waals surface area contributed by atoms with Crippen molar-refractivity contribution in [2.24, 2.45) is 23.7 Å². The lowest BCUT2D eigenvalue weighted by atomic mass is 9.66. The average molecular weight is 500 g/mol. The van der Waals surface area contributed by atoms with Gasteiger partial charge in [0.05, 0.1) is 0 Å². The maximum atomic E-state index is 6.69. The summed E-state index contributed by atoms with van der Waals surface area (Å²) in [6.07, 6.45) is 5.46. The molecule has 6 atom stereocenters. The van der Waals surface area contributed by atoms with Crippen molar-refractivity contribution in [3.05, 3.63) is 12.2 Å². The molecule has 2 saturated carbocycles. The van der Waals surface area contributed by atoms with Crippen LogP contribution in [0.3, 0.4) is 0 Å². The van der Waals surface area contributed by atoms with Crippen LogP contribution < -0.4 is 0 Å². The average Bonchev–Trinajstić information content (AvgIpc) is 2.66. The van der Waals surface area contributed by atoms with Gasteiger partial charge in [-0.1, -0.05) is 12.2 Å². The molecule has 0 heterocycles. The highest BCUT2D eigenvalue weighted by Gasteiger charge is 2.85. The highest BCUT2D eigenvalue weighted by Crippen LogP contribution is 2.86. The van der Waals surface area contributed by atoms with Crippen molar-refractivity contribution in [1.82, 2.24) is 0 Å². The Hall–Kier alpha value is 2.71. The van der Waals surface area contributed by atoms with E-state index in [0.29, 0.717) is 11.8 Å². The van der Waals surface area contributed by atoms with Gasteiger partial charge in [-0.05, 0) is 36.6 Å². The van der Waals surface area contributed by atoms with Gasteiger partial charge in [0.2, 0.25) is 0 Å². The lowest BCUT2D eigenvalue weighted by molar-refractivity contribution is 0.127. The number of hydrogen-bond acceptors (Lipinski definition) is 0. The van der Waals surface area contributed by atoms with Gasteiger partial charge in [0.25, 0.3) is 6.69 Å². The molecule has 2 unspecified atom stereocenters. The SMILES string of the molecule is C[Si](Cl)(Cl)C1([Si](Cl)(Cl)Cl)C([Si](Cl)(Cl)Cl)[C@@H]2[C@H]1[C@H]1C=C[C@@H]2C1. The molecule has 0 aromatic carbocycles. The normalized spacial score (nSPS) is 45.7. The summed E-state index contributed by atoms with van der Waals surface area (Å²) < 4.78 is -0.778. The van der Waals surface area contributed by atoms with E-state index in [1.807, 2.05) is 6.55 Å². The van der Waals surface area contributed by atoms with E-state index < -0.39 is 23.4 Å².